The van der Waals surface area contributed by atoms with Crippen LogP contribution in [0.4, 0.5) is 5.69 Å². The van der Waals surface area contributed by atoms with Gasteiger partial charge in [-0.2, -0.15) is 0 Å². The molecule has 0 radical (unpaired) electrons. The fourth-order valence-electron chi connectivity index (χ4n) is 4.14. The fourth-order valence-corrected chi connectivity index (χ4v) is 4.14. The number of ether oxygens (including phenoxy) is 1. The van der Waals surface area contributed by atoms with Crippen LogP contribution in [0.25, 0.3) is 0 Å². The van der Waals surface area contributed by atoms with Gasteiger partial charge < -0.3 is 9.64 Å². The lowest BCUT2D eigenvalue weighted by atomic mass is 9.74. The summed E-state index contributed by atoms with van der Waals surface area (Å²) in [6, 6.07) is 17.1. The van der Waals surface area contributed by atoms with Crippen LogP contribution in [0.5, 0.6) is 5.75 Å². The van der Waals surface area contributed by atoms with Crippen LogP contribution in [0.1, 0.15) is 31.4 Å². The smallest absolute Gasteiger partial charge is 0.192 e. The van der Waals surface area contributed by atoms with Crippen molar-refractivity contribution < 1.29 is 4.74 Å². The van der Waals surface area contributed by atoms with E-state index in [9.17, 15) is 0 Å². The van der Waals surface area contributed by atoms with Gasteiger partial charge >= 0.3 is 0 Å². The summed E-state index contributed by atoms with van der Waals surface area (Å²) in [5.41, 5.74) is 3.67. The van der Waals surface area contributed by atoms with E-state index in [1.165, 1.54) is 16.8 Å². The molecule has 2 aliphatic rings. The number of likely N-dealkylation sites (N-methyl/N-ethyl adjacent to an activating group) is 1. The number of hydrogen-bond donors (Lipinski definition) is 0. The van der Waals surface area contributed by atoms with Gasteiger partial charge in [0, 0.05) is 19.2 Å². The first-order valence-corrected chi connectivity index (χ1v) is 7.66. The highest BCUT2D eigenvalue weighted by molar-refractivity contribution is 5.66. The van der Waals surface area contributed by atoms with Crippen LogP contribution in [-0.4, -0.2) is 12.8 Å². The summed E-state index contributed by atoms with van der Waals surface area (Å²) in [6.07, 6.45) is 2.08. The number of anilines is 1. The van der Waals surface area contributed by atoms with Crippen LogP contribution in [0, 0.1) is 0 Å². The van der Waals surface area contributed by atoms with Crippen LogP contribution < -0.4 is 9.64 Å². The van der Waals surface area contributed by atoms with Gasteiger partial charge in [-0.05, 0) is 43.5 Å². The highest BCUT2D eigenvalue weighted by Gasteiger charge is 2.58. The van der Waals surface area contributed by atoms with Crippen LogP contribution in [-0.2, 0) is 11.8 Å². The van der Waals surface area contributed by atoms with Crippen LogP contribution in [0.3, 0.4) is 0 Å². The highest BCUT2D eigenvalue weighted by atomic mass is 16.5. The molecule has 2 heteroatoms. The number of fused-ring (bicyclic) bond motifs is 2. The first-order valence-electron chi connectivity index (χ1n) is 7.66. The molecule has 0 N–H and O–H groups in total. The van der Waals surface area contributed by atoms with E-state index in [0.717, 1.165) is 18.6 Å². The molecule has 21 heavy (non-hydrogen) atoms. The summed E-state index contributed by atoms with van der Waals surface area (Å²) in [7, 11) is 2.17. The van der Waals surface area contributed by atoms with Gasteiger partial charge in [0.05, 0.1) is 5.41 Å². The second-order valence-electron chi connectivity index (χ2n) is 6.70. The lowest BCUT2D eigenvalue weighted by Gasteiger charge is -2.48. The van der Waals surface area contributed by atoms with Gasteiger partial charge in [0.25, 0.3) is 0 Å². The van der Waals surface area contributed by atoms with Gasteiger partial charge in [-0.1, -0.05) is 36.4 Å². The molecule has 2 heterocycles. The molecule has 0 fully saturated rings. The molecule has 4 rings (SSSR count). The first kappa shape index (κ1) is 12.8. The van der Waals surface area contributed by atoms with Crippen molar-refractivity contribution in [3.63, 3.8) is 0 Å². The van der Waals surface area contributed by atoms with Crippen molar-refractivity contribution in [3.8, 4) is 5.75 Å². The van der Waals surface area contributed by atoms with E-state index in [-0.39, 0.29) is 11.1 Å². The van der Waals surface area contributed by atoms with Gasteiger partial charge in [-0.25, -0.2) is 0 Å². The molecular weight excluding hydrogens is 258 g/mol. The van der Waals surface area contributed by atoms with Crippen molar-refractivity contribution in [2.45, 2.75) is 37.8 Å². The monoisotopic (exact) mass is 279 g/mol. The van der Waals surface area contributed by atoms with E-state index in [2.05, 4.69) is 74.3 Å². The zero-order valence-corrected chi connectivity index (χ0v) is 12.9. The SMILES string of the molecule is CN1c2ccccc2C(C)(C)[C@]12CCc1ccccc1O2. The van der Waals surface area contributed by atoms with E-state index < -0.39 is 0 Å². The Bertz CT molecular complexity index is 706. The Balaban J connectivity index is 1.87. The van der Waals surface area contributed by atoms with Crippen LogP contribution in [0.2, 0.25) is 0 Å². The van der Waals surface area contributed by atoms with E-state index in [0.29, 0.717) is 0 Å². The number of rotatable bonds is 0. The van der Waals surface area contributed by atoms with Crippen LogP contribution in [0.15, 0.2) is 48.5 Å². The molecule has 0 aromatic heterocycles. The lowest BCUT2D eigenvalue weighted by Crippen LogP contribution is -2.60. The van der Waals surface area contributed by atoms with E-state index >= 15 is 0 Å². The summed E-state index contributed by atoms with van der Waals surface area (Å²) in [4.78, 5) is 2.35. The first-order chi connectivity index (χ1) is 10.1. The van der Waals surface area contributed by atoms with Gasteiger partial charge in [0.2, 0.25) is 0 Å². The predicted molar refractivity (Wildman–Crippen MR) is 86.0 cm³/mol. The number of aryl methyl sites for hydroxylation is 1. The Kier molecular flexibility index (Phi) is 2.45. The third-order valence-electron chi connectivity index (χ3n) is 5.44. The minimum absolute atomic E-state index is 0.0358. The van der Waals surface area contributed by atoms with Gasteiger partial charge in [0.15, 0.2) is 5.72 Å². The molecule has 2 aromatic rings. The van der Waals surface area contributed by atoms with Crippen molar-refractivity contribution in [2.24, 2.45) is 0 Å². The Morgan fingerprint density at radius 1 is 1.00 bits per heavy atom. The second kappa shape index (κ2) is 4.03. The summed E-state index contributed by atoms with van der Waals surface area (Å²) in [6.45, 7) is 4.62. The predicted octanol–water partition coefficient (Wildman–Crippen LogP) is 4.14. The maximum atomic E-state index is 6.62. The normalized spacial score (nSPS) is 25.4. The average molecular weight is 279 g/mol. The minimum Gasteiger partial charge on any atom is -0.467 e. The Morgan fingerprint density at radius 2 is 1.71 bits per heavy atom. The maximum absolute atomic E-state index is 6.62. The Morgan fingerprint density at radius 3 is 2.52 bits per heavy atom. The third kappa shape index (κ3) is 1.48. The molecule has 0 unspecified atom stereocenters. The van der Waals surface area contributed by atoms with Gasteiger partial charge in [0.1, 0.15) is 5.75 Å². The number of para-hydroxylation sites is 2. The molecule has 0 saturated carbocycles. The average Bonchev–Trinajstić information content (AvgIpc) is 2.67. The molecule has 1 spiro atoms. The van der Waals surface area contributed by atoms with Crippen molar-refractivity contribution in [1.82, 2.24) is 0 Å². The highest BCUT2D eigenvalue weighted by Crippen LogP contribution is 2.55. The van der Waals surface area contributed by atoms with Crippen molar-refractivity contribution in [3.05, 3.63) is 59.7 Å². The minimum atomic E-state index is -0.287. The van der Waals surface area contributed by atoms with Crippen molar-refractivity contribution >= 4 is 5.69 Å². The quantitative estimate of drug-likeness (QED) is 0.719. The Hall–Kier alpha value is -1.96. The summed E-state index contributed by atoms with van der Waals surface area (Å²) >= 11 is 0. The molecule has 0 bridgehead atoms. The zero-order chi connectivity index (χ0) is 14.7. The Labute approximate surface area is 126 Å². The van der Waals surface area contributed by atoms with Crippen LogP contribution >= 0.6 is 0 Å². The number of nitrogens with zero attached hydrogens (tertiary/aromatic N) is 1. The summed E-state index contributed by atoms with van der Waals surface area (Å²) in [5, 5.41) is 0. The molecule has 2 aliphatic heterocycles. The lowest BCUT2D eigenvalue weighted by molar-refractivity contribution is -0.00580. The molecule has 0 aliphatic carbocycles. The second-order valence-corrected chi connectivity index (χ2v) is 6.70. The number of benzene rings is 2. The third-order valence-corrected chi connectivity index (χ3v) is 5.44. The molecule has 1 atom stereocenters. The molecule has 2 nitrogen and oxygen atoms in total. The molecule has 0 saturated heterocycles. The molecular formula is C19H21NO. The van der Waals surface area contributed by atoms with Crippen molar-refractivity contribution in [2.75, 3.05) is 11.9 Å². The number of hydrogen-bond acceptors (Lipinski definition) is 2. The van der Waals surface area contributed by atoms with E-state index in [4.69, 9.17) is 4.74 Å². The van der Waals surface area contributed by atoms with Crippen molar-refractivity contribution in [1.29, 1.82) is 0 Å². The van der Waals surface area contributed by atoms with E-state index in [1.807, 2.05) is 0 Å². The zero-order valence-electron chi connectivity index (χ0n) is 12.9. The molecule has 2 aromatic carbocycles. The molecule has 108 valence electrons. The van der Waals surface area contributed by atoms with E-state index in [1.54, 1.807) is 0 Å². The standard InChI is InChI=1S/C19H21NO/c1-18(2)15-9-5-6-10-16(15)20(3)19(18)13-12-14-8-4-7-11-17(14)21-19/h4-11H,12-13H2,1-3H3/t19-/m1/s1. The fraction of sp³-hybridized carbons (Fsp3) is 0.368. The van der Waals surface area contributed by atoms with Gasteiger partial charge in [-0.15, -0.1) is 0 Å². The summed E-state index contributed by atoms with van der Waals surface area (Å²) in [5.74, 6) is 1.04. The topological polar surface area (TPSA) is 12.5 Å². The maximum Gasteiger partial charge on any atom is 0.192 e. The molecule has 0 amide bonds. The van der Waals surface area contributed by atoms with Gasteiger partial charge in [-0.3, -0.25) is 0 Å². The largest absolute Gasteiger partial charge is 0.467 e. The summed E-state index contributed by atoms with van der Waals surface area (Å²) < 4.78 is 6.62.